The normalized spacial score (nSPS) is 14.2. The first-order valence-corrected chi connectivity index (χ1v) is 9.72. The highest BCUT2D eigenvalue weighted by atomic mass is 32.2. The molecule has 0 radical (unpaired) electrons. The molecule has 158 valence electrons. The molecule has 0 aromatic carbocycles. The van der Waals surface area contributed by atoms with Crippen LogP contribution in [0.25, 0.3) is 0 Å². The van der Waals surface area contributed by atoms with Crippen LogP contribution in [0.5, 0.6) is 0 Å². The van der Waals surface area contributed by atoms with E-state index in [1.807, 2.05) is 19.0 Å². The molecule has 0 fully saturated rings. The Labute approximate surface area is 149 Å². The zero-order chi connectivity index (χ0) is 20.6. The summed E-state index contributed by atoms with van der Waals surface area (Å²) < 4.78 is 113. The van der Waals surface area contributed by atoms with Crippen molar-refractivity contribution in [2.45, 2.75) is 56.5 Å². The number of halogens is 7. The maximum absolute atomic E-state index is 13.4. The molecular weight excluding hydrogens is 393 g/mol. The van der Waals surface area contributed by atoms with E-state index in [2.05, 4.69) is 4.72 Å². The van der Waals surface area contributed by atoms with Crippen LogP contribution in [0.2, 0.25) is 0 Å². The Morgan fingerprint density at radius 3 is 1.77 bits per heavy atom. The Hall–Kier alpha value is -0.620. The third kappa shape index (κ3) is 8.85. The zero-order valence-electron chi connectivity index (χ0n) is 14.7. The van der Waals surface area contributed by atoms with Gasteiger partial charge in [0.2, 0.25) is 10.0 Å². The molecule has 12 heteroatoms. The predicted molar refractivity (Wildman–Crippen MR) is 84.0 cm³/mol. The van der Waals surface area contributed by atoms with Crippen molar-refractivity contribution in [3.63, 3.8) is 0 Å². The zero-order valence-corrected chi connectivity index (χ0v) is 15.5. The van der Waals surface area contributed by atoms with Gasteiger partial charge in [0.15, 0.2) is 0 Å². The van der Waals surface area contributed by atoms with Gasteiger partial charge in [0.05, 0.1) is 5.75 Å². The molecule has 0 saturated heterocycles. The van der Waals surface area contributed by atoms with Gasteiger partial charge in [0.1, 0.15) is 0 Å². The van der Waals surface area contributed by atoms with E-state index >= 15 is 0 Å². The minimum Gasteiger partial charge on any atom is -0.309 e. The smallest absolute Gasteiger partial charge is 0.309 e. The fourth-order valence-electron chi connectivity index (χ4n) is 2.15. The van der Waals surface area contributed by atoms with Gasteiger partial charge < -0.3 is 4.90 Å². The lowest BCUT2D eigenvalue weighted by atomic mass is 9.96. The second-order valence-corrected chi connectivity index (χ2v) is 8.26. The van der Waals surface area contributed by atoms with Gasteiger partial charge in [-0.15, -0.1) is 0 Å². The van der Waals surface area contributed by atoms with Crippen LogP contribution in [0.3, 0.4) is 0 Å². The Bertz CT molecular complexity index is 490. The van der Waals surface area contributed by atoms with Gasteiger partial charge in [-0.25, -0.2) is 17.5 Å². The van der Waals surface area contributed by atoms with Crippen LogP contribution < -0.4 is 4.72 Å². The number of nitrogens with zero attached hydrogens (tertiary/aromatic N) is 1. The minimum atomic E-state index is -6.04. The van der Waals surface area contributed by atoms with E-state index in [1.54, 1.807) is 0 Å². The monoisotopic (exact) mass is 418 g/mol. The highest BCUT2D eigenvalue weighted by molar-refractivity contribution is 7.89. The van der Waals surface area contributed by atoms with Crippen molar-refractivity contribution < 1.29 is 39.2 Å². The molecule has 0 aromatic heterocycles. The van der Waals surface area contributed by atoms with Gasteiger partial charge in [-0.3, -0.25) is 0 Å². The van der Waals surface area contributed by atoms with Gasteiger partial charge in [-0.1, -0.05) is 12.8 Å². The quantitative estimate of drug-likeness (QED) is 0.389. The SMILES string of the molecule is CN(C)CCCNS(=O)(=O)CCCCCCC(F)(C(F)(F)F)C(F)(F)F. The van der Waals surface area contributed by atoms with Crippen molar-refractivity contribution in [2.24, 2.45) is 0 Å². The highest BCUT2D eigenvalue weighted by Crippen LogP contribution is 2.49. The summed E-state index contributed by atoms with van der Waals surface area (Å²) in [6.45, 7) is 0.925. The van der Waals surface area contributed by atoms with Crippen LogP contribution in [-0.2, 0) is 10.0 Å². The van der Waals surface area contributed by atoms with Gasteiger partial charge in [0.25, 0.3) is 5.67 Å². The molecule has 0 aliphatic heterocycles. The van der Waals surface area contributed by atoms with Gasteiger partial charge in [-0.05, 0) is 46.3 Å². The summed E-state index contributed by atoms with van der Waals surface area (Å²) in [4.78, 5) is 1.88. The maximum atomic E-state index is 13.4. The van der Waals surface area contributed by atoms with Crippen LogP contribution in [0.15, 0.2) is 0 Å². The first-order valence-electron chi connectivity index (χ1n) is 8.07. The van der Waals surface area contributed by atoms with E-state index < -0.39 is 40.9 Å². The van der Waals surface area contributed by atoms with Gasteiger partial charge in [0, 0.05) is 6.54 Å². The van der Waals surface area contributed by atoms with Crippen LogP contribution in [0.4, 0.5) is 30.7 Å². The van der Waals surface area contributed by atoms with Crippen LogP contribution >= 0.6 is 0 Å². The molecule has 1 N–H and O–H groups in total. The van der Waals surface area contributed by atoms with Crippen molar-refractivity contribution in [2.75, 3.05) is 32.9 Å². The summed E-state index contributed by atoms with van der Waals surface area (Å²) in [6.07, 6.45) is -13.8. The fraction of sp³-hybridized carbons (Fsp3) is 1.00. The Kier molecular flexibility index (Phi) is 9.83. The molecule has 0 atom stereocenters. The van der Waals surface area contributed by atoms with Crippen molar-refractivity contribution in [1.82, 2.24) is 9.62 Å². The number of hydrogen-bond acceptors (Lipinski definition) is 3. The summed E-state index contributed by atoms with van der Waals surface area (Å²) >= 11 is 0. The molecule has 4 nitrogen and oxygen atoms in total. The van der Waals surface area contributed by atoms with Crippen LogP contribution in [-0.4, -0.2) is 64.3 Å². The van der Waals surface area contributed by atoms with Gasteiger partial charge >= 0.3 is 12.4 Å². The Morgan fingerprint density at radius 1 is 0.808 bits per heavy atom. The molecule has 0 aliphatic carbocycles. The molecule has 0 aliphatic rings. The number of sulfonamides is 1. The summed E-state index contributed by atoms with van der Waals surface area (Å²) in [5.41, 5.74) is -5.24. The van der Waals surface area contributed by atoms with Crippen molar-refractivity contribution >= 4 is 10.0 Å². The molecular formula is C14H25F7N2O2S. The average Bonchev–Trinajstić information content (AvgIpc) is 2.44. The highest BCUT2D eigenvalue weighted by Gasteiger charge is 2.71. The topological polar surface area (TPSA) is 49.4 Å². The third-order valence-electron chi connectivity index (χ3n) is 3.69. The largest absolute Gasteiger partial charge is 0.431 e. The Morgan fingerprint density at radius 2 is 1.31 bits per heavy atom. The fourth-order valence-corrected chi connectivity index (χ4v) is 3.34. The molecule has 26 heavy (non-hydrogen) atoms. The molecule has 0 heterocycles. The standard InChI is InChI=1S/C14H25F7N2O2S/c1-23(2)10-7-9-22-26(24,25)11-6-4-3-5-8-12(15,13(16,17)18)14(19,20)21/h22H,3-11H2,1-2H3. The first-order chi connectivity index (χ1) is 11.6. The van der Waals surface area contributed by atoms with E-state index in [1.165, 1.54) is 0 Å². The summed E-state index contributed by atoms with van der Waals surface area (Å²) in [5.74, 6) is -0.283. The number of unbranched alkanes of at least 4 members (excludes halogenated alkanes) is 3. The number of nitrogens with one attached hydrogen (secondary N) is 1. The van der Waals surface area contributed by atoms with Crippen LogP contribution in [0.1, 0.15) is 38.5 Å². The predicted octanol–water partition coefficient (Wildman–Crippen LogP) is 3.64. The van der Waals surface area contributed by atoms with E-state index in [0.717, 1.165) is 0 Å². The molecule has 0 saturated carbocycles. The van der Waals surface area contributed by atoms with E-state index in [0.29, 0.717) is 13.0 Å². The molecule has 0 aromatic rings. The second-order valence-electron chi connectivity index (χ2n) is 6.33. The summed E-state index contributed by atoms with van der Waals surface area (Å²) in [7, 11) is 0.119. The van der Waals surface area contributed by atoms with E-state index in [-0.39, 0.29) is 31.6 Å². The molecule has 0 bridgehead atoms. The summed E-state index contributed by atoms with van der Waals surface area (Å²) in [6, 6.07) is 0. The van der Waals surface area contributed by atoms with E-state index in [9.17, 15) is 39.2 Å². The summed E-state index contributed by atoms with van der Waals surface area (Å²) in [5, 5.41) is 0. The molecule has 0 rings (SSSR count). The lowest BCUT2D eigenvalue weighted by Crippen LogP contribution is -2.53. The third-order valence-corrected chi connectivity index (χ3v) is 5.16. The second kappa shape index (κ2) is 10.1. The molecule has 0 spiro atoms. The van der Waals surface area contributed by atoms with Crippen molar-refractivity contribution in [1.29, 1.82) is 0 Å². The Balaban J connectivity index is 4.16. The number of hydrogen-bond donors (Lipinski definition) is 1. The van der Waals surface area contributed by atoms with Crippen molar-refractivity contribution in [3.05, 3.63) is 0 Å². The first kappa shape index (κ1) is 25.4. The number of alkyl halides is 7. The van der Waals surface area contributed by atoms with Crippen molar-refractivity contribution in [3.8, 4) is 0 Å². The molecule has 0 unspecified atom stereocenters. The van der Waals surface area contributed by atoms with Gasteiger partial charge in [-0.2, -0.15) is 26.3 Å². The van der Waals surface area contributed by atoms with E-state index in [4.69, 9.17) is 0 Å². The van der Waals surface area contributed by atoms with Crippen LogP contribution in [0, 0.1) is 0 Å². The number of rotatable bonds is 12. The maximum Gasteiger partial charge on any atom is 0.431 e. The average molecular weight is 418 g/mol. The lowest BCUT2D eigenvalue weighted by Gasteiger charge is -2.29. The lowest BCUT2D eigenvalue weighted by molar-refractivity contribution is -0.343. The molecule has 0 amide bonds. The minimum absolute atomic E-state index is 0.0698.